The van der Waals surface area contributed by atoms with Crippen LogP contribution < -0.4 is 5.32 Å². The average Bonchev–Trinajstić information content (AvgIpc) is 2.92. The molecule has 0 saturated carbocycles. The van der Waals surface area contributed by atoms with Crippen LogP contribution in [0.4, 0.5) is 10.1 Å². The molecule has 3 N–H and O–H groups in total. The van der Waals surface area contributed by atoms with Crippen LogP contribution in [0, 0.1) is 5.82 Å². The number of carbonyl (C=O) groups is 1. The van der Waals surface area contributed by atoms with E-state index in [0.717, 1.165) is 16.8 Å². The van der Waals surface area contributed by atoms with E-state index in [0.29, 0.717) is 13.1 Å². The quantitative estimate of drug-likeness (QED) is 0.765. The van der Waals surface area contributed by atoms with E-state index in [1.165, 1.54) is 19.1 Å². The third-order valence-corrected chi connectivity index (χ3v) is 4.85. The van der Waals surface area contributed by atoms with Gasteiger partial charge in [0.05, 0.1) is 18.8 Å². The van der Waals surface area contributed by atoms with Crippen molar-refractivity contribution in [3.8, 4) is 0 Å². The Morgan fingerprint density at radius 3 is 2.42 bits per heavy atom. The van der Waals surface area contributed by atoms with Gasteiger partial charge in [0, 0.05) is 31.6 Å². The number of benzene rings is 2. The first kappa shape index (κ1) is 18.5. The van der Waals surface area contributed by atoms with Crippen LogP contribution in [0.2, 0.25) is 0 Å². The van der Waals surface area contributed by atoms with Gasteiger partial charge in [0.15, 0.2) is 0 Å². The van der Waals surface area contributed by atoms with Crippen molar-refractivity contribution in [1.29, 1.82) is 0 Å². The molecule has 1 aliphatic rings. The van der Waals surface area contributed by atoms with Crippen LogP contribution in [0.3, 0.4) is 0 Å². The highest BCUT2D eigenvalue weighted by Gasteiger charge is 2.40. The maximum Gasteiger partial charge on any atom is 0.221 e. The molecule has 0 aliphatic carbocycles. The van der Waals surface area contributed by atoms with Crippen LogP contribution in [0.5, 0.6) is 0 Å². The first-order chi connectivity index (χ1) is 12.5. The van der Waals surface area contributed by atoms with Crippen molar-refractivity contribution in [3.63, 3.8) is 0 Å². The highest BCUT2D eigenvalue weighted by Crippen LogP contribution is 2.33. The summed E-state index contributed by atoms with van der Waals surface area (Å²) in [7, 11) is 0. The minimum absolute atomic E-state index is 0.122. The lowest BCUT2D eigenvalue weighted by Crippen LogP contribution is -2.38. The average molecular weight is 358 g/mol. The van der Waals surface area contributed by atoms with Crippen molar-refractivity contribution >= 4 is 11.6 Å². The molecule has 6 heteroatoms. The van der Waals surface area contributed by atoms with E-state index in [-0.39, 0.29) is 30.3 Å². The Morgan fingerprint density at radius 2 is 1.85 bits per heavy atom. The van der Waals surface area contributed by atoms with Gasteiger partial charge in [-0.3, -0.25) is 9.69 Å². The Morgan fingerprint density at radius 1 is 1.19 bits per heavy atom. The third kappa shape index (κ3) is 4.09. The van der Waals surface area contributed by atoms with Crippen molar-refractivity contribution < 1.29 is 19.4 Å². The second kappa shape index (κ2) is 7.95. The number of aliphatic hydroxyl groups excluding tert-OH is 2. The molecule has 1 heterocycles. The zero-order valence-corrected chi connectivity index (χ0v) is 14.6. The molecule has 26 heavy (non-hydrogen) atoms. The zero-order chi connectivity index (χ0) is 18.7. The predicted molar refractivity (Wildman–Crippen MR) is 97.2 cm³/mol. The number of likely N-dealkylation sites (tertiary alicyclic amines) is 1. The van der Waals surface area contributed by atoms with E-state index in [4.69, 9.17) is 0 Å². The van der Waals surface area contributed by atoms with Crippen molar-refractivity contribution in [2.24, 2.45) is 0 Å². The van der Waals surface area contributed by atoms with Crippen LogP contribution >= 0.6 is 0 Å². The zero-order valence-electron chi connectivity index (χ0n) is 14.6. The monoisotopic (exact) mass is 358 g/mol. The number of halogens is 1. The smallest absolute Gasteiger partial charge is 0.221 e. The maximum atomic E-state index is 13.2. The van der Waals surface area contributed by atoms with Gasteiger partial charge < -0.3 is 15.5 Å². The van der Waals surface area contributed by atoms with Gasteiger partial charge in [0.2, 0.25) is 5.91 Å². The van der Waals surface area contributed by atoms with Gasteiger partial charge in [-0.25, -0.2) is 4.39 Å². The van der Waals surface area contributed by atoms with E-state index in [9.17, 15) is 19.4 Å². The van der Waals surface area contributed by atoms with Crippen LogP contribution in [0.25, 0.3) is 0 Å². The van der Waals surface area contributed by atoms with Crippen molar-refractivity contribution in [2.75, 3.05) is 18.5 Å². The number of anilines is 1. The minimum Gasteiger partial charge on any atom is -0.395 e. The first-order valence-corrected chi connectivity index (χ1v) is 8.63. The number of hydrogen-bond acceptors (Lipinski definition) is 4. The number of nitrogens with zero attached hydrogens (tertiary/aromatic N) is 1. The summed E-state index contributed by atoms with van der Waals surface area (Å²) in [5, 5.41) is 23.1. The van der Waals surface area contributed by atoms with E-state index >= 15 is 0 Å². The van der Waals surface area contributed by atoms with Crippen molar-refractivity contribution in [2.45, 2.75) is 31.5 Å². The fraction of sp³-hybridized carbons (Fsp3) is 0.350. The predicted octanol–water partition coefficient (Wildman–Crippen LogP) is 2.11. The summed E-state index contributed by atoms with van der Waals surface area (Å²) in [4.78, 5) is 13.1. The lowest BCUT2D eigenvalue weighted by atomic mass is 9.94. The molecule has 1 aliphatic heterocycles. The molecule has 5 nitrogen and oxygen atoms in total. The molecule has 1 amide bonds. The number of amides is 1. The van der Waals surface area contributed by atoms with E-state index in [1.54, 1.807) is 12.1 Å². The SMILES string of the molecule is CC(=O)Nc1ccc(CN2C[C@H](c3ccc(F)cc3)[C@@H](O)[C@H]2CO)cc1. The molecule has 3 rings (SSSR count). The van der Waals surface area contributed by atoms with Crippen LogP contribution in [-0.4, -0.2) is 46.3 Å². The fourth-order valence-electron chi connectivity index (χ4n) is 3.53. The van der Waals surface area contributed by atoms with Crippen molar-refractivity contribution in [3.05, 3.63) is 65.5 Å². The summed E-state index contributed by atoms with van der Waals surface area (Å²) >= 11 is 0. The molecule has 3 atom stereocenters. The lowest BCUT2D eigenvalue weighted by Gasteiger charge is -2.24. The van der Waals surface area contributed by atoms with Crippen LogP contribution in [-0.2, 0) is 11.3 Å². The molecule has 2 aromatic carbocycles. The molecular weight excluding hydrogens is 335 g/mol. The van der Waals surface area contributed by atoms with Gasteiger partial charge in [-0.1, -0.05) is 24.3 Å². The van der Waals surface area contributed by atoms with E-state index < -0.39 is 6.10 Å². The largest absolute Gasteiger partial charge is 0.395 e. The second-order valence-corrected chi connectivity index (χ2v) is 6.71. The van der Waals surface area contributed by atoms with E-state index in [2.05, 4.69) is 5.32 Å². The summed E-state index contributed by atoms with van der Waals surface area (Å²) in [5.41, 5.74) is 2.61. The summed E-state index contributed by atoms with van der Waals surface area (Å²) in [6.07, 6.45) is -0.718. The van der Waals surface area contributed by atoms with Crippen LogP contribution in [0.15, 0.2) is 48.5 Å². The number of nitrogens with one attached hydrogen (secondary N) is 1. The Bertz CT molecular complexity index is 749. The molecule has 0 aromatic heterocycles. The Balaban J connectivity index is 1.72. The van der Waals surface area contributed by atoms with E-state index in [1.807, 2.05) is 29.2 Å². The van der Waals surface area contributed by atoms with Gasteiger partial charge in [0.25, 0.3) is 0 Å². The van der Waals surface area contributed by atoms with Crippen molar-refractivity contribution in [1.82, 2.24) is 4.90 Å². The maximum absolute atomic E-state index is 13.2. The molecule has 1 fully saturated rings. The number of rotatable bonds is 5. The molecule has 1 saturated heterocycles. The van der Waals surface area contributed by atoms with Gasteiger partial charge in [-0.05, 0) is 35.4 Å². The number of carbonyl (C=O) groups excluding carboxylic acids is 1. The number of hydrogen-bond donors (Lipinski definition) is 3. The topological polar surface area (TPSA) is 72.8 Å². The molecule has 138 valence electrons. The molecule has 0 spiro atoms. The normalized spacial score (nSPS) is 23.2. The highest BCUT2D eigenvalue weighted by molar-refractivity contribution is 5.88. The van der Waals surface area contributed by atoms with Gasteiger partial charge >= 0.3 is 0 Å². The summed E-state index contributed by atoms with van der Waals surface area (Å²) in [5.74, 6) is -0.606. The summed E-state index contributed by atoms with van der Waals surface area (Å²) in [6.45, 7) is 2.45. The number of aliphatic hydroxyl groups is 2. The summed E-state index contributed by atoms with van der Waals surface area (Å²) in [6, 6.07) is 13.3. The third-order valence-electron chi connectivity index (χ3n) is 4.85. The summed E-state index contributed by atoms with van der Waals surface area (Å²) < 4.78 is 13.2. The Labute approximate surface area is 152 Å². The lowest BCUT2D eigenvalue weighted by molar-refractivity contribution is -0.114. The fourth-order valence-corrected chi connectivity index (χ4v) is 3.53. The van der Waals surface area contributed by atoms with Crippen LogP contribution in [0.1, 0.15) is 24.0 Å². The first-order valence-electron chi connectivity index (χ1n) is 8.63. The Kier molecular flexibility index (Phi) is 5.66. The minimum atomic E-state index is -0.718. The van der Waals surface area contributed by atoms with Gasteiger partial charge in [0.1, 0.15) is 5.82 Å². The second-order valence-electron chi connectivity index (χ2n) is 6.71. The van der Waals surface area contributed by atoms with Gasteiger partial charge in [-0.15, -0.1) is 0 Å². The standard InChI is InChI=1S/C20H23FN2O3/c1-13(25)22-17-8-2-14(3-9-17)10-23-11-18(20(26)19(23)12-24)15-4-6-16(21)7-5-15/h2-9,18-20,24,26H,10-12H2,1H3,(H,22,25)/t18-,19-,20-/m1/s1. The molecule has 2 aromatic rings. The molecular formula is C20H23FN2O3. The molecule has 0 radical (unpaired) electrons. The highest BCUT2D eigenvalue weighted by atomic mass is 19.1. The van der Waals surface area contributed by atoms with Gasteiger partial charge in [-0.2, -0.15) is 0 Å². The molecule has 0 bridgehead atoms. The Hall–Kier alpha value is -2.28. The molecule has 0 unspecified atom stereocenters.